The third-order valence-corrected chi connectivity index (χ3v) is 1.44. The van der Waals surface area contributed by atoms with Crippen LogP contribution >= 0.6 is 0 Å². The molecule has 0 spiro atoms. The first-order valence-corrected chi connectivity index (χ1v) is 5.20. The monoisotopic (exact) mass is 184 g/mol. The predicted octanol–water partition coefficient (Wildman–Crippen LogP) is 5.36. The van der Waals surface area contributed by atoms with Crippen LogP contribution in [0.1, 0.15) is 61.3 Å². The molecule has 80 valence electrons. The maximum absolute atomic E-state index is 2.28. The van der Waals surface area contributed by atoms with Gasteiger partial charge in [-0.2, -0.15) is 0 Å². The quantitative estimate of drug-likeness (QED) is 0.516. The van der Waals surface area contributed by atoms with Crippen molar-refractivity contribution in [1.29, 1.82) is 0 Å². The molecule has 0 fully saturated rings. The van der Waals surface area contributed by atoms with Crippen LogP contribution in [0.5, 0.6) is 0 Å². The van der Waals surface area contributed by atoms with Gasteiger partial charge in [-0.3, -0.25) is 0 Å². The van der Waals surface area contributed by atoms with E-state index in [1.165, 1.54) is 5.57 Å². The van der Waals surface area contributed by atoms with Gasteiger partial charge in [0.15, 0.2) is 0 Å². The van der Waals surface area contributed by atoms with Gasteiger partial charge in [-0.05, 0) is 19.3 Å². The summed E-state index contributed by atoms with van der Waals surface area (Å²) in [5.41, 5.74) is 1.46. The first-order valence-electron chi connectivity index (χ1n) is 5.20. The van der Waals surface area contributed by atoms with E-state index in [0.29, 0.717) is 0 Å². The highest BCUT2D eigenvalue weighted by Crippen LogP contribution is 2.03. The molecule has 0 aromatic heterocycles. The fraction of sp³-hybridized carbons (Fsp3) is 0.692. The van der Waals surface area contributed by atoms with E-state index in [2.05, 4.69) is 39.0 Å². The second kappa shape index (κ2) is 17.5. The van der Waals surface area contributed by atoms with Crippen LogP contribution in [0, 0.1) is 0 Å². The van der Waals surface area contributed by atoms with Crippen LogP contribution in [-0.4, -0.2) is 0 Å². The molecular formula is C13H28. The minimum atomic E-state index is 0. The Morgan fingerprint density at radius 2 is 1.54 bits per heavy atom. The van der Waals surface area contributed by atoms with Gasteiger partial charge in [-0.25, -0.2) is 0 Å². The first-order chi connectivity index (χ1) is 5.85. The van der Waals surface area contributed by atoms with Gasteiger partial charge in [0.05, 0.1) is 0 Å². The topological polar surface area (TPSA) is 0 Å². The molecule has 0 bridgehead atoms. The number of hydrogen-bond donors (Lipinski definition) is 0. The molecular weight excluding hydrogens is 156 g/mol. The number of rotatable bonds is 4. The predicted molar refractivity (Wildman–Crippen MR) is 66.2 cm³/mol. The Kier molecular flexibility index (Phi) is 24.7. The largest absolute Gasteiger partial charge is 0.0845 e. The van der Waals surface area contributed by atoms with Gasteiger partial charge in [0.1, 0.15) is 0 Å². The van der Waals surface area contributed by atoms with Crippen molar-refractivity contribution >= 4 is 0 Å². The highest BCUT2D eigenvalue weighted by molar-refractivity contribution is 5.17. The molecule has 0 aliphatic heterocycles. The van der Waals surface area contributed by atoms with Crippen molar-refractivity contribution in [1.82, 2.24) is 0 Å². The van der Waals surface area contributed by atoms with E-state index < -0.39 is 0 Å². The van der Waals surface area contributed by atoms with Crippen LogP contribution in [0.15, 0.2) is 23.8 Å². The van der Waals surface area contributed by atoms with Crippen LogP contribution < -0.4 is 0 Å². The van der Waals surface area contributed by atoms with E-state index >= 15 is 0 Å². The molecule has 0 aromatic carbocycles. The van der Waals surface area contributed by atoms with Crippen molar-refractivity contribution in [3.63, 3.8) is 0 Å². The molecule has 0 saturated carbocycles. The van der Waals surface area contributed by atoms with Crippen LogP contribution in [0.4, 0.5) is 0 Å². The summed E-state index contributed by atoms with van der Waals surface area (Å²) in [6.07, 6.45) is 10.2. The van der Waals surface area contributed by atoms with Crippen LogP contribution in [0.3, 0.4) is 0 Å². The number of hydrogen-bond acceptors (Lipinski definition) is 0. The van der Waals surface area contributed by atoms with Gasteiger partial charge in [0, 0.05) is 0 Å². The Morgan fingerprint density at radius 1 is 1.00 bits per heavy atom. The van der Waals surface area contributed by atoms with Crippen molar-refractivity contribution in [2.24, 2.45) is 0 Å². The maximum Gasteiger partial charge on any atom is -0.0311 e. The van der Waals surface area contributed by atoms with Gasteiger partial charge < -0.3 is 0 Å². The van der Waals surface area contributed by atoms with Crippen LogP contribution in [0.2, 0.25) is 0 Å². The van der Waals surface area contributed by atoms with E-state index in [9.17, 15) is 0 Å². The third kappa shape index (κ3) is 14.3. The zero-order chi connectivity index (χ0) is 9.82. The van der Waals surface area contributed by atoms with Crippen LogP contribution in [-0.2, 0) is 0 Å². The molecule has 0 N–H and O–H groups in total. The van der Waals surface area contributed by atoms with Crippen molar-refractivity contribution < 1.29 is 0 Å². The molecule has 0 saturated heterocycles. The standard InChI is InChI=1S/C10H18.C2H6.CH4/c1-4-7-9-10(6-3)8-5-2;1-2;/h7-9H,4-6H2,1-3H3;1-2H3;1H4/b9-7-,10-8-;;. The van der Waals surface area contributed by atoms with Gasteiger partial charge in [-0.15, -0.1) is 0 Å². The minimum absolute atomic E-state index is 0. The first kappa shape index (κ1) is 18.3. The fourth-order valence-electron chi connectivity index (χ4n) is 0.862. The molecule has 0 nitrogen and oxygen atoms in total. The molecule has 0 heterocycles. The lowest BCUT2D eigenvalue weighted by Crippen LogP contribution is -1.73. The summed E-state index contributed by atoms with van der Waals surface area (Å²) in [5.74, 6) is 0. The van der Waals surface area contributed by atoms with E-state index in [-0.39, 0.29) is 7.43 Å². The Hall–Kier alpha value is -0.520. The zero-order valence-electron chi connectivity index (χ0n) is 9.35. The van der Waals surface area contributed by atoms with Crippen molar-refractivity contribution in [2.45, 2.75) is 61.3 Å². The molecule has 0 heteroatoms. The van der Waals surface area contributed by atoms with Gasteiger partial charge >= 0.3 is 0 Å². The summed E-state index contributed by atoms with van der Waals surface area (Å²) in [6, 6.07) is 0. The summed E-state index contributed by atoms with van der Waals surface area (Å²) in [7, 11) is 0. The summed E-state index contributed by atoms with van der Waals surface area (Å²) in [4.78, 5) is 0. The lowest BCUT2D eigenvalue weighted by Gasteiger charge is -1.93. The smallest absolute Gasteiger partial charge is 0.0311 e. The number of allylic oxidation sites excluding steroid dienone is 4. The Labute approximate surface area is 85.8 Å². The average molecular weight is 184 g/mol. The van der Waals surface area contributed by atoms with Gasteiger partial charge in [0.2, 0.25) is 0 Å². The molecule has 0 aliphatic rings. The van der Waals surface area contributed by atoms with Crippen LogP contribution in [0.25, 0.3) is 0 Å². The van der Waals surface area contributed by atoms with Gasteiger partial charge in [0.25, 0.3) is 0 Å². The third-order valence-electron chi connectivity index (χ3n) is 1.44. The van der Waals surface area contributed by atoms with E-state index in [0.717, 1.165) is 19.3 Å². The lowest BCUT2D eigenvalue weighted by atomic mass is 10.1. The Balaban J connectivity index is -0.000000309. The minimum Gasteiger partial charge on any atom is -0.0845 e. The van der Waals surface area contributed by atoms with Crippen molar-refractivity contribution in [2.75, 3.05) is 0 Å². The van der Waals surface area contributed by atoms with Gasteiger partial charge in [-0.1, -0.05) is 65.8 Å². The zero-order valence-corrected chi connectivity index (χ0v) is 9.35. The molecule has 13 heavy (non-hydrogen) atoms. The normalized spacial score (nSPS) is 10.4. The Morgan fingerprint density at radius 3 is 1.85 bits per heavy atom. The van der Waals surface area contributed by atoms with E-state index in [4.69, 9.17) is 0 Å². The molecule has 0 aliphatic carbocycles. The second-order valence-corrected chi connectivity index (χ2v) is 2.35. The van der Waals surface area contributed by atoms with Crippen molar-refractivity contribution in [3.05, 3.63) is 23.8 Å². The Bertz CT molecular complexity index is 118. The maximum atomic E-state index is 2.28. The van der Waals surface area contributed by atoms with E-state index in [1.807, 2.05) is 13.8 Å². The summed E-state index contributed by atoms with van der Waals surface area (Å²) < 4.78 is 0. The summed E-state index contributed by atoms with van der Waals surface area (Å²) in [6.45, 7) is 10.5. The lowest BCUT2D eigenvalue weighted by molar-refractivity contribution is 1.09. The molecule has 0 rings (SSSR count). The highest BCUT2D eigenvalue weighted by atomic mass is 13.9. The highest BCUT2D eigenvalue weighted by Gasteiger charge is 1.83. The molecule has 0 radical (unpaired) electrons. The summed E-state index contributed by atoms with van der Waals surface area (Å²) >= 11 is 0. The second-order valence-electron chi connectivity index (χ2n) is 2.35. The fourth-order valence-corrected chi connectivity index (χ4v) is 0.862. The molecule has 0 aromatic rings. The van der Waals surface area contributed by atoms with E-state index in [1.54, 1.807) is 0 Å². The SMILES string of the molecule is C.CC.CC/C=C\C(=C/CC)CC. The molecule has 0 amide bonds. The summed E-state index contributed by atoms with van der Waals surface area (Å²) in [5, 5.41) is 0. The molecule has 0 atom stereocenters. The molecule has 0 unspecified atom stereocenters. The average Bonchev–Trinajstić information content (AvgIpc) is 2.15. The van der Waals surface area contributed by atoms with Crippen molar-refractivity contribution in [3.8, 4) is 0 Å².